The molecule has 0 unspecified atom stereocenters. The van der Waals surface area contributed by atoms with Gasteiger partial charge in [-0.1, -0.05) is 0 Å². The number of nitrogens with two attached hydrogens (primary N) is 1. The SMILES string of the molecule is CCOC(=O)C/C(O)=C(\N=Nc1nc[nH]c1C(N)=O)C(=O)OCC. The number of nitrogens with one attached hydrogen (secondary N) is 1. The summed E-state index contributed by atoms with van der Waals surface area (Å²) in [6.45, 7) is 3.26. The molecule has 0 aliphatic carbocycles. The van der Waals surface area contributed by atoms with E-state index in [1.807, 2.05) is 0 Å². The molecule has 0 saturated heterocycles. The quantitative estimate of drug-likeness (QED) is 0.273. The molecule has 130 valence electrons. The van der Waals surface area contributed by atoms with Crippen molar-refractivity contribution < 1.29 is 29.0 Å². The lowest BCUT2D eigenvalue weighted by Gasteiger charge is -2.05. The van der Waals surface area contributed by atoms with Crippen LogP contribution in [-0.4, -0.2) is 46.1 Å². The molecule has 1 amide bonds. The van der Waals surface area contributed by atoms with Crippen LogP contribution < -0.4 is 5.73 Å². The van der Waals surface area contributed by atoms with Crippen molar-refractivity contribution in [1.29, 1.82) is 0 Å². The number of rotatable bonds is 8. The summed E-state index contributed by atoms with van der Waals surface area (Å²) in [4.78, 5) is 40.5. The molecular formula is C13H17N5O6. The maximum Gasteiger partial charge on any atom is 0.362 e. The van der Waals surface area contributed by atoms with Crippen molar-refractivity contribution in [1.82, 2.24) is 9.97 Å². The monoisotopic (exact) mass is 339 g/mol. The van der Waals surface area contributed by atoms with Crippen molar-refractivity contribution in [2.24, 2.45) is 16.0 Å². The van der Waals surface area contributed by atoms with E-state index in [1.54, 1.807) is 13.8 Å². The Bertz CT molecular complexity index is 678. The summed E-state index contributed by atoms with van der Waals surface area (Å²) in [5.74, 6) is -3.47. The lowest BCUT2D eigenvalue weighted by Crippen LogP contribution is -2.12. The minimum Gasteiger partial charge on any atom is -0.509 e. The van der Waals surface area contributed by atoms with Crippen molar-refractivity contribution >= 4 is 23.7 Å². The number of ether oxygens (including phenoxy) is 2. The maximum atomic E-state index is 11.8. The van der Waals surface area contributed by atoms with Crippen molar-refractivity contribution in [2.45, 2.75) is 20.3 Å². The van der Waals surface area contributed by atoms with Crippen molar-refractivity contribution in [3.8, 4) is 0 Å². The molecule has 0 atom stereocenters. The number of primary amides is 1. The number of nitrogens with zero attached hydrogens (tertiary/aromatic N) is 3. The molecule has 1 aromatic rings. The van der Waals surface area contributed by atoms with Gasteiger partial charge < -0.3 is 25.3 Å². The van der Waals surface area contributed by atoms with Gasteiger partial charge in [0.25, 0.3) is 5.91 Å². The average Bonchev–Trinajstić information content (AvgIpc) is 2.96. The predicted octanol–water partition coefficient (Wildman–Crippen LogP) is 0.878. The molecule has 0 aromatic carbocycles. The number of aliphatic hydroxyl groups is 1. The third-order valence-electron chi connectivity index (χ3n) is 2.47. The number of aromatic amines is 1. The van der Waals surface area contributed by atoms with Gasteiger partial charge in [0.2, 0.25) is 11.5 Å². The largest absolute Gasteiger partial charge is 0.509 e. The minimum absolute atomic E-state index is 0.0134. The molecule has 0 aliphatic rings. The molecule has 1 heterocycles. The van der Waals surface area contributed by atoms with E-state index >= 15 is 0 Å². The van der Waals surface area contributed by atoms with Gasteiger partial charge in [-0.25, -0.2) is 9.78 Å². The number of hydrogen-bond donors (Lipinski definition) is 3. The summed E-state index contributed by atoms with van der Waals surface area (Å²) < 4.78 is 9.40. The Morgan fingerprint density at radius 3 is 2.54 bits per heavy atom. The number of aliphatic hydroxyl groups excluding tert-OH is 1. The van der Waals surface area contributed by atoms with E-state index in [9.17, 15) is 19.5 Å². The number of imidazole rings is 1. The first-order chi connectivity index (χ1) is 11.4. The molecular weight excluding hydrogens is 322 g/mol. The van der Waals surface area contributed by atoms with Gasteiger partial charge in [-0.2, -0.15) is 0 Å². The second-order valence-electron chi connectivity index (χ2n) is 4.16. The van der Waals surface area contributed by atoms with Crippen molar-refractivity contribution in [2.75, 3.05) is 13.2 Å². The molecule has 1 aromatic heterocycles. The molecule has 0 bridgehead atoms. The second kappa shape index (κ2) is 9.02. The van der Waals surface area contributed by atoms with Crippen molar-refractivity contribution in [3.63, 3.8) is 0 Å². The average molecular weight is 339 g/mol. The third kappa shape index (κ3) is 5.19. The zero-order chi connectivity index (χ0) is 18.1. The first-order valence-corrected chi connectivity index (χ1v) is 6.90. The lowest BCUT2D eigenvalue weighted by atomic mass is 10.3. The van der Waals surface area contributed by atoms with Crippen LogP contribution in [0.25, 0.3) is 0 Å². The van der Waals surface area contributed by atoms with Crippen LogP contribution in [0, 0.1) is 0 Å². The van der Waals surface area contributed by atoms with E-state index in [0.717, 1.165) is 6.33 Å². The summed E-state index contributed by atoms with van der Waals surface area (Å²) in [7, 11) is 0. The normalized spacial score (nSPS) is 11.9. The Morgan fingerprint density at radius 2 is 1.96 bits per heavy atom. The van der Waals surface area contributed by atoms with E-state index in [0.29, 0.717) is 0 Å². The molecule has 24 heavy (non-hydrogen) atoms. The minimum atomic E-state index is -1.00. The highest BCUT2D eigenvalue weighted by Crippen LogP contribution is 2.18. The molecule has 0 spiro atoms. The van der Waals surface area contributed by atoms with Gasteiger partial charge in [0.15, 0.2) is 5.69 Å². The number of carbonyl (C=O) groups is 3. The summed E-state index contributed by atoms with van der Waals surface area (Å²) >= 11 is 0. The number of hydrogen-bond acceptors (Lipinski definition) is 9. The highest BCUT2D eigenvalue weighted by Gasteiger charge is 2.20. The van der Waals surface area contributed by atoms with Gasteiger partial charge in [-0.3, -0.25) is 9.59 Å². The number of H-pyrrole nitrogens is 1. The van der Waals surface area contributed by atoms with Gasteiger partial charge in [0.1, 0.15) is 12.2 Å². The van der Waals surface area contributed by atoms with Crippen molar-refractivity contribution in [3.05, 3.63) is 23.5 Å². The highest BCUT2D eigenvalue weighted by atomic mass is 16.5. The number of azo groups is 1. The van der Waals surface area contributed by atoms with E-state index in [4.69, 9.17) is 10.5 Å². The Balaban J connectivity index is 3.12. The van der Waals surface area contributed by atoms with Gasteiger partial charge in [-0.15, -0.1) is 10.2 Å². The maximum absolute atomic E-state index is 11.8. The van der Waals surface area contributed by atoms with Gasteiger partial charge in [-0.05, 0) is 13.8 Å². The third-order valence-corrected chi connectivity index (χ3v) is 2.47. The Labute approximate surface area is 136 Å². The molecule has 11 nitrogen and oxygen atoms in total. The topological polar surface area (TPSA) is 169 Å². The summed E-state index contributed by atoms with van der Waals surface area (Å²) in [6.07, 6.45) is 0.560. The van der Waals surface area contributed by atoms with Crippen LogP contribution in [0.2, 0.25) is 0 Å². The van der Waals surface area contributed by atoms with Crippen LogP contribution in [-0.2, 0) is 19.1 Å². The van der Waals surface area contributed by atoms with E-state index in [2.05, 4.69) is 24.9 Å². The smallest absolute Gasteiger partial charge is 0.362 e. The fourth-order valence-electron chi connectivity index (χ4n) is 1.49. The molecule has 4 N–H and O–H groups in total. The summed E-state index contributed by atoms with van der Waals surface area (Å²) in [6, 6.07) is 0. The zero-order valence-electron chi connectivity index (χ0n) is 13.1. The van der Waals surface area contributed by atoms with Gasteiger partial charge in [0, 0.05) is 0 Å². The molecule has 0 radical (unpaired) electrons. The van der Waals surface area contributed by atoms with Crippen LogP contribution >= 0.6 is 0 Å². The number of amides is 1. The summed E-state index contributed by atoms with van der Waals surface area (Å²) in [5, 5.41) is 17.0. The molecule has 0 fully saturated rings. The first-order valence-electron chi connectivity index (χ1n) is 6.90. The summed E-state index contributed by atoms with van der Waals surface area (Å²) in [5.41, 5.74) is 4.37. The standard InChI is InChI=1S/C13H17N5O6/c1-3-23-8(20)5-7(19)9(13(22)24-4-2)17-18-12-10(11(14)21)15-6-16-12/h6,19H,3-5H2,1-2H3,(H2,14,21)(H,15,16)/b9-7+,18-17?. The Hall–Kier alpha value is -3.24. The van der Waals surface area contributed by atoms with Crippen LogP contribution in [0.5, 0.6) is 0 Å². The zero-order valence-corrected chi connectivity index (χ0v) is 13.1. The van der Waals surface area contributed by atoms with E-state index in [-0.39, 0.29) is 24.7 Å². The molecule has 0 saturated carbocycles. The predicted molar refractivity (Wildman–Crippen MR) is 79.2 cm³/mol. The van der Waals surface area contributed by atoms with Gasteiger partial charge >= 0.3 is 11.9 Å². The lowest BCUT2D eigenvalue weighted by molar-refractivity contribution is -0.142. The Kier molecular flexibility index (Phi) is 7.07. The Morgan fingerprint density at radius 1 is 1.29 bits per heavy atom. The fourth-order valence-corrected chi connectivity index (χ4v) is 1.49. The number of aromatic nitrogens is 2. The van der Waals surface area contributed by atoms with E-state index < -0.39 is 35.7 Å². The fraction of sp³-hybridized carbons (Fsp3) is 0.385. The molecule has 0 aliphatic heterocycles. The van der Waals surface area contributed by atoms with Crippen LogP contribution in [0.3, 0.4) is 0 Å². The number of carbonyl (C=O) groups excluding carboxylic acids is 3. The second-order valence-corrected chi connectivity index (χ2v) is 4.16. The van der Waals surface area contributed by atoms with Gasteiger partial charge in [0.05, 0.1) is 19.5 Å². The highest BCUT2D eigenvalue weighted by molar-refractivity contribution is 5.95. The first kappa shape index (κ1) is 18.8. The van der Waals surface area contributed by atoms with Crippen LogP contribution in [0.4, 0.5) is 5.82 Å². The van der Waals surface area contributed by atoms with Crippen LogP contribution in [0.1, 0.15) is 30.8 Å². The molecule has 11 heteroatoms. The van der Waals surface area contributed by atoms with E-state index in [1.165, 1.54) is 0 Å². The number of esters is 2. The molecule has 1 rings (SSSR count). The van der Waals surface area contributed by atoms with Crippen LogP contribution in [0.15, 0.2) is 28.0 Å².